The Morgan fingerprint density at radius 1 is 1.57 bits per heavy atom. The Labute approximate surface area is 85.1 Å². The van der Waals surface area contributed by atoms with E-state index in [1.54, 1.807) is 6.26 Å². The molecule has 3 nitrogen and oxygen atoms in total. The molecule has 0 aromatic carbocycles. The molecule has 1 fully saturated rings. The fraction of sp³-hybridized carbons (Fsp3) is 0.636. The summed E-state index contributed by atoms with van der Waals surface area (Å²) in [5, 5.41) is 3.49. The summed E-state index contributed by atoms with van der Waals surface area (Å²) >= 11 is 0. The molecule has 1 N–H and O–H groups in total. The van der Waals surface area contributed by atoms with Gasteiger partial charge in [-0.1, -0.05) is 0 Å². The van der Waals surface area contributed by atoms with E-state index < -0.39 is 0 Å². The van der Waals surface area contributed by atoms with Crippen molar-refractivity contribution in [2.24, 2.45) is 0 Å². The van der Waals surface area contributed by atoms with Crippen molar-refractivity contribution in [1.82, 2.24) is 10.2 Å². The van der Waals surface area contributed by atoms with Gasteiger partial charge in [-0.15, -0.1) is 0 Å². The summed E-state index contributed by atoms with van der Waals surface area (Å²) in [5.41, 5.74) is 0. The Kier molecular flexibility index (Phi) is 3.22. The van der Waals surface area contributed by atoms with Crippen LogP contribution >= 0.6 is 0 Å². The molecule has 0 unspecified atom stereocenters. The van der Waals surface area contributed by atoms with Gasteiger partial charge in [0.2, 0.25) is 0 Å². The quantitative estimate of drug-likeness (QED) is 0.743. The minimum atomic E-state index is 0.812. The highest BCUT2D eigenvalue weighted by Gasteiger charge is 2.19. The summed E-state index contributed by atoms with van der Waals surface area (Å²) in [6.45, 7) is 3.07. The second-order valence-electron chi connectivity index (χ2n) is 4.05. The Hall–Kier alpha value is -0.800. The lowest BCUT2D eigenvalue weighted by Gasteiger charge is -2.15. The van der Waals surface area contributed by atoms with E-state index in [1.165, 1.54) is 12.8 Å². The minimum Gasteiger partial charge on any atom is -0.468 e. The van der Waals surface area contributed by atoms with Crippen LogP contribution < -0.4 is 5.32 Å². The highest BCUT2D eigenvalue weighted by atomic mass is 16.3. The molecular formula is C11H18N2O. The number of hydrogen-bond donors (Lipinski definition) is 1. The number of furan rings is 1. The molecule has 0 aliphatic heterocycles. The van der Waals surface area contributed by atoms with Gasteiger partial charge in [0.15, 0.2) is 0 Å². The number of nitrogens with one attached hydrogen (secondary N) is 1. The lowest BCUT2D eigenvalue weighted by Crippen LogP contribution is -2.29. The molecule has 3 heteroatoms. The highest BCUT2D eigenvalue weighted by molar-refractivity contribution is 4.97. The van der Waals surface area contributed by atoms with E-state index in [0.29, 0.717) is 0 Å². The van der Waals surface area contributed by atoms with Crippen LogP contribution in [0.15, 0.2) is 22.8 Å². The molecule has 78 valence electrons. The topological polar surface area (TPSA) is 28.4 Å². The predicted octanol–water partition coefficient (Wildman–Crippen LogP) is 1.46. The van der Waals surface area contributed by atoms with Crippen molar-refractivity contribution >= 4 is 0 Å². The Morgan fingerprint density at radius 2 is 2.43 bits per heavy atom. The number of hydrogen-bond acceptors (Lipinski definition) is 3. The smallest absolute Gasteiger partial charge is 0.117 e. The van der Waals surface area contributed by atoms with Crippen molar-refractivity contribution in [3.05, 3.63) is 24.2 Å². The molecule has 1 aromatic heterocycles. The Balaban J connectivity index is 1.60. The van der Waals surface area contributed by atoms with Crippen LogP contribution in [0.3, 0.4) is 0 Å². The average molecular weight is 194 g/mol. The average Bonchev–Trinajstić information content (AvgIpc) is 2.83. The van der Waals surface area contributed by atoms with E-state index in [-0.39, 0.29) is 0 Å². The van der Waals surface area contributed by atoms with Gasteiger partial charge in [0.25, 0.3) is 0 Å². The van der Waals surface area contributed by atoms with Crippen LogP contribution in [0.25, 0.3) is 0 Å². The molecule has 2 rings (SSSR count). The van der Waals surface area contributed by atoms with Crippen LogP contribution in [0.2, 0.25) is 0 Å². The van der Waals surface area contributed by atoms with E-state index in [9.17, 15) is 0 Å². The van der Waals surface area contributed by atoms with Gasteiger partial charge in [0.1, 0.15) is 5.76 Å². The zero-order valence-corrected chi connectivity index (χ0v) is 8.70. The van der Waals surface area contributed by atoms with Crippen molar-refractivity contribution in [2.75, 3.05) is 20.1 Å². The maximum Gasteiger partial charge on any atom is 0.117 e. The summed E-state index contributed by atoms with van der Waals surface area (Å²) in [6, 6.07) is 4.77. The molecule has 0 bridgehead atoms. The summed E-state index contributed by atoms with van der Waals surface area (Å²) < 4.78 is 5.28. The fourth-order valence-electron chi connectivity index (χ4n) is 1.49. The van der Waals surface area contributed by atoms with Crippen LogP contribution in [0.4, 0.5) is 0 Å². The summed E-state index contributed by atoms with van der Waals surface area (Å²) in [7, 11) is 2.12. The van der Waals surface area contributed by atoms with Gasteiger partial charge in [-0.2, -0.15) is 0 Å². The largest absolute Gasteiger partial charge is 0.468 e. The second-order valence-corrected chi connectivity index (χ2v) is 4.05. The number of nitrogens with zero attached hydrogens (tertiary/aromatic N) is 1. The monoisotopic (exact) mass is 194 g/mol. The molecular weight excluding hydrogens is 176 g/mol. The zero-order chi connectivity index (χ0) is 9.80. The van der Waals surface area contributed by atoms with Crippen molar-refractivity contribution in [3.63, 3.8) is 0 Å². The van der Waals surface area contributed by atoms with Crippen molar-refractivity contribution in [1.29, 1.82) is 0 Å². The van der Waals surface area contributed by atoms with Gasteiger partial charge in [-0.3, -0.25) is 4.90 Å². The summed E-state index contributed by atoms with van der Waals surface area (Å²) in [4.78, 5) is 2.27. The lowest BCUT2D eigenvalue weighted by molar-refractivity contribution is 0.293. The maximum atomic E-state index is 5.28. The molecule has 14 heavy (non-hydrogen) atoms. The third-order valence-corrected chi connectivity index (χ3v) is 2.51. The molecule has 0 spiro atoms. The van der Waals surface area contributed by atoms with E-state index in [4.69, 9.17) is 4.42 Å². The minimum absolute atomic E-state index is 0.812. The van der Waals surface area contributed by atoms with Crippen LogP contribution in [0, 0.1) is 0 Å². The first-order valence-electron chi connectivity index (χ1n) is 5.29. The lowest BCUT2D eigenvalue weighted by atomic mass is 10.4. The third-order valence-electron chi connectivity index (χ3n) is 2.51. The molecule has 0 saturated heterocycles. The molecule has 1 aliphatic rings. The third kappa shape index (κ3) is 3.16. The molecule has 1 aliphatic carbocycles. The zero-order valence-electron chi connectivity index (χ0n) is 8.70. The second kappa shape index (κ2) is 4.62. The van der Waals surface area contributed by atoms with Crippen LogP contribution in [0.1, 0.15) is 18.6 Å². The van der Waals surface area contributed by atoms with Gasteiger partial charge < -0.3 is 9.73 Å². The SMILES string of the molecule is CN(CCNC1CC1)Cc1ccco1. The fourth-order valence-corrected chi connectivity index (χ4v) is 1.49. The normalized spacial score (nSPS) is 16.4. The molecule has 0 radical (unpaired) electrons. The van der Waals surface area contributed by atoms with Crippen LogP contribution in [-0.4, -0.2) is 31.1 Å². The van der Waals surface area contributed by atoms with Gasteiger partial charge in [-0.25, -0.2) is 0 Å². The van der Waals surface area contributed by atoms with Crippen molar-refractivity contribution in [2.45, 2.75) is 25.4 Å². The number of rotatable bonds is 6. The maximum absolute atomic E-state index is 5.28. The van der Waals surface area contributed by atoms with Crippen LogP contribution in [0.5, 0.6) is 0 Å². The van der Waals surface area contributed by atoms with Gasteiger partial charge in [-0.05, 0) is 32.0 Å². The molecule has 0 amide bonds. The Bertz CT molecular complexity index is 254. The molecule has 0 atom stereocenters. The summed E-state index contributed by atoms with van der Waals surface area (Å²) in [6.07, 6.45) is 4.45. The van der Waals surface area contributed by atoms with Crippen LogP contribution in [-0.2, 0) is 6.54 Å². The van der Waals surface area contributed by atoms with Crippen molar-refractivity contribution < 1.29 is 4.42 Å². The highest BCUT2D eigenvalue weighted by Crippen LogP contribution is 2.18. The molecule has 1 heterocycles. The Morgan fingerprint density at radius 3 is 3.07 bits per heavy atom. The van der Waals surface area contributed by atoms with Gasteiger partial charge in [0, 0.05) is 19.1 Å². The molecule has 1 aromatic rings. The standard InChI is InChI=1S/C11H18N2O/c1-13(7-6-12-10-4-5-10)9-11-3-2-8-14-11/h2-3,8,10,12H,4-7,9H2,1H3. The molecule has 1 saturated carbocycles. The van der Waals surface area contributed by atoms with Crippen molar-refractivity contribution in [3.8, 4) is 0 Å². The van der Waals surface area contributed by atoms with E-state index >= 15 is 0 Å². The van der Waals surface area contributed by atoms with E-state index in [0.717, 1.165) is 31.4 Å². The van der Waals surface area contributed by atoms with Gasteiger partial charge in [0.05, 0.1) is 12.8 Å². The first-order valence-corrected chi connectivity index (χ1v) is 5.29. The number of likely N-dealkylation sites (N-methyl/N-ethyl adjacent to an activating group) is 1. The van der Waals surface area contributed by atoms with E-state index in [2.05, 4.69) is 17.3 Å². The van der Waals surface area contributed by atoms with E-state index in [1.807, 2.05) is 12.1 Å². The summed E-state index contributed by atoms with van der Waals surface area (Å²) in [5.74, 6) is 1.04. The predicted molar refractivity (Wildman–Crippen MR) is 56.1 cm³/mol. The first kappa shape index (κ1) is 9.74. The first-order chi connectivity index (χ1) is 6.84. The van der Waals surface area contributed by atoms with Gasteiger partial charge >= 0.3 is 0 Å².